The molecule has 8 heteroatoms. The second kappa shape index (κ2) is 5.94. The van der Waals surface area contributed by atoms with Crippen LogP contribution in [0.1, 0.15) is 11.1 Å². The second-order valence-corrected chi connectivity index (χ2v) is 6.20. The van der Waals surface area contributed by atoms with Crippen molar-refractivity contribution in [2.24, 2.45) is 5.10 Å². The molecule has 22 heavy (non-hydrogen) atoms. The molecule has 2 aromatic carbocycles. The molecule has 2 aromatic rings. The van der Waals surface area contributed by atoms with Crippen LogP contribution in [0.15, 0.2) is 46.4 Å². The first-order chi connectivity index (χ1) is 10.3. The molecule has 0 saturated heterocycles. The zero-order valence-electron chi connectivity index (χ0n) is 11.6. The molecule has 0 bridgehead atoms. The summed E-state index contributed by atoms with van der Waals surface area (Å²) in [4.78, 5) is 2.04. The highest BCUT2D eigenvalue weighted by molar-refractivity contribution is 7.89. The van der Waals surface area contributed by atoms with Gasteiger partial charge in [-0.15, -0.1) is 0 Å². The van der Waals surface area contributed by atoms with Gasteiger partial charge in [0.1, 0.15) is 0 Å². The molecule has 0 aliphatic heterocycles. The second-order valence-electron chi connectivity index (χ2n) is 4.54. The Labute approximate surface area is 127 Å². The molecule has 0 amide bonds. The first kappa shape index (κ1) is 15.6. The third kappa shape index (κ3) is 3.29. The van der Waals surface area contributed by atoms with Crippen LogP contribution in [0.5, 0.6) is 17.2 Å². The lowest BCUT2D eigenvalue weighted by atomic mass is 10.2. The summed E-state index contributed by atoms with van der Waals surface area (Å²) in [5, 5.41) is 31.6. The van der Waals surface area contributed by atoms with Gasteiger partial charge in [0.15, 0.2) is 11.5 Å². The minimum absolute atomic E-state index is 0.0434. The summed E-state index contributed by atoms with van der Waals surface area (Å²) in [7, 11) is -3.82. The number of hydrogen-bond acceptors (Lipinski definition) is 6. The van der Waals surface area contributed by atoms with E-state index in [-0.39, 0.29) is 10.5 Å². The molecular formula is C14H14N2O5S. The van der Waals surface area contributed by atoms with Crippen molar-refractivity contribution in [2.45, 2.75) is 11.8 Å². The van der Waals surface area contributed by atoms with Gasteiger partial charge in [-0.05, 0) is 31.2 Å². The number of aromatic hydroxyl groups is 3. The molecule has 0 atom stereocenters. The predicted molar refractivity (Wildman–Crippen MR) is 80.5 cm³/mol. The van der Waals surface area contributed by atoms with Crippen LogP contribution in [0.4, 0.5) is 0 Å². The number of rotatable bonds is 4. The molecule has 0 fully saturated rings. The standard InChI is InChI=1S/C14H14N2O5S/c1-9-2-5-11(6-3-9)22(20,21)16-15-8-10-4-7-12(17)14(19)13(10)18/h2-8,16-19H,1H3/b15-8+. The van der Waals surface area contributed by atoms with Gasteiger partial charge in [0.25, 0.3) is 10.0 Å². The van der Waals surface area contributed by atoms with Crippen molar-refractivity contribution in [3.8, 4) is 17.2 Å². The van der Waals surface area contributed by atoms with Crippen molar-refractivity contribution in [1.82, 2.24) is 4.83 Å². The van der Waals surface area contributed by atoms with Crippen molar-refractivity contribution in [3.05, 3.63) is 47.5 Å². The largest absolute Gasteiger partial charge is 0.504 e. The van der Waals surface area contributed by atoms with Crippen LogP contribution in [0.25, 0.3) is 0 Å². The number of phenolic OH excluding ortho intramolecular Hbond substituents is 3. The summed E-state index contributed by atoms with van der Waals surface area (Å²) in [6.07, 6.45) is 1.01. The smallest absolute Gasteiger partial charge is 0.276 e. The molecule has 0 heterocycles. The highest BCUT2D eigenvalue weighted by Crippen LogP contribution is 2.36. The Balaban J connectivity index is 2.19. The normalized spacial score (nSPS) is 11.7. The SMILES string of the molecule is Cc1ccc(S(=O)(=O)N/N=C/c2ccc(O)c(O)c2O)cc1. The number of phenols is 3. The van der Waals surface area contributed by atoms with Crippen LogP contribution in [0.3, 0.4) is 0 Å². The average molecular weight is 322 g/mol. The number of nitrogens with one attached hydrogen (secondary N) is 1. The van der Waals surface area contributed by atoms with E-state index in [4.69, 9.17) is 0 Å². The van der Waals surface area contributed by atoms with Crippen molar-refractivity contribution >= 4 is 16.2 Å². The fourth-order valence-corrected chi connectivity index (χ4v) is 2.42. The summed E-state index contributed by atoms with van der Waals surface area (Å²) < 4.78 is 23.9. The number of hydrazone groups is 1. The number of sulfonamides is 1. The van der Waals surface area contributed by atoms with Crippen molar-refractivity contribution in [3.63, 3.8) is 0 Å². The number of nitrogens with zero attached hydrogens (tertiary/aromatic N) is 1. The molecule has 2 rings (SSSR count). The zero-order chi connectivity index (χ0) is 16.3. The van der Waals surface area contributed by atoms with E-state index < -0.39 is 27.3 Å². The molecule has 0 unspecified atom stereocenters. The van der Waals surface area contributed by atoms with Gasteiger partial charge < -0.3 is 15.3 Å². The molecule has 7 nitrogen and oxygen atoms in total. The minimum atomic E-state index is -3.82. The highest BCUT2D eigenvalue weighted by atomic mass is 32.2. The van der Waals surface area contributed by atoms with Crippen LogP contribution < -0.4 is 4.83 Å². The molecule has 0 saturated carbocycles. The average Bonchev–Trinajstić information content (AvgIpc) is 2.48. The van der Waals surface area contributed by atoms with Crippen LogP contribution in [0, 0.1) is 6.92 Å². The van der Waals surface area contributed by atoms with Crippen LogP contribution in [0.2, 0.25) is 0 Å². The van der Waals surface area contributed by atoms with E-state index in [0.717, 1.165) is 17.8 Å². The fraction of sp³-hybridized carbons (Fsp3) is 0.0714. The molecular weight excluding hydrogens is 308 g/mol. The lowest BCUT2D eigenvalue weighted by Crippen LogP contribution is -2.18. The van der Waals surface area contributed by atoms with E-state index in [1.165, 1.54) is 18.2 Å². The zero-order valence-corrected chi connectivity index (χ0v) is 12.4. The van der Waals surface area contributed by atoms with Gasteiger partial charge in [0, 0.05) is 5.56 Å². The van der Waals surface area contributed by atoms with Crippen molar-refractivity contribution < 1.29 is 23.7 Å². The lowest BCUT2D eigenvalue weighted by molar-refractivity contribution is 0.367. The van der Waals surface area contributed by atoms with E-state index in [9.17, 15) is 23.7 Å². The fourth-order valence-electron chi connectivity index (χ4n) is 1.62. The summed E-state index contributed by atoms with van der Waals surface area (Å²) in [6.45, 7) is 1.84. The maximum Gasteiger partial charge on any atom is 0.276 e. The van der Waals surface area contributed by atoms with Crippen LogP contribution in [-0.4, -0.2) is 30.0 Å². The van der Waals surface area contributed by atoms with Gasteiger partial charge in [-0.2, -0.15) is 13.5 Å². The summed E-state index contributed by atoms with van der Waals surface area (Å²) in [5.74, 6) is -1.79. The first-order valence-electron chi connectivity index (χ1n) is 6.16. The third-order valence-corrected chi connectivity index (χ3v) is 4.11. The lowest BCUT2D eigenvalue weighted by Gasteiger charge is -2.05. The number of benzene rings is 2. The summed E-state index contributed by atoms with van der Waals surface area (Å²) in [5.41, 5.74) is 0.967. The summed E-state index contributed by atoms with van der Waals surface area (Å²) in [6, 6.07) is 8.61. The monoisotopic (exact) mass is 322 g/mol. The quantitative estimate of drug-likeness (QED) is 0.385. The Hall–Kier alpha value is -2.74. The Kier molecular flexibility index (Phi) is 4.22. The van der Waals surface area contributed by atoms with E-state index in [1.54, 1.807) is 12.1 Å². The van der Waals surface area contributed by atoms with Crippen molar-refractivity contribution in [1.29, 1.82) is 0 Å². The molecule has 0 spiro atoms. The van der Waals surface area contributed by atoms with E-state index in [0.29, 0.717) is 0 Å². The Morgan fingerprint density at radius 2 is 1.64 bits per heavy atom. The molecule has 116 valence electrons. The van der Waals surface area contributed by atoms with Gasteiger partial charge >= 0.3 is 0 Å². The maximum atomic E-state index is 12.0. The minimum Gasteiger partial charge on any atom is -0.504 e. The Bertz CT molecular complexity index is 814. The Morgan fingerprint density at radius 1 is 1.00 bits per heavy atom. The highest BCUT2D eigenvalue weighted by Gasteiger charge is 2.13. The molecule has 0 radical (unpaired) electrons. The number of aryl methyl sites for hydroxylation is 1. The van der Waals surface area contributed by atoms with E-state index in [1.807, 2.05) is 11.8 Å². The molecule has 0 aliphatic carbocycles. The third-order valence-electron chi connectivity index (χ3n) is 2.87. The molecule has 0 aliphatic rings. The van der Waals surface area contributed by atoms with Crippen LogP contribution in [-0.2, 0) is 10.0 Å². The Morgan fingerprint density at radius 3 is 2.27 bits per heavy atom. The van der Waals surface area contributed by atoms with E-state index in [2.05, 4.69) is 5.10 Å². The van der Waals surface area contributed by atoms with Gasteiger partial charge in [0.2, 0.25) is 5.75 Å². The first-order valence-corrected chi connectivity index (χ1v) is 7.65. The van der Waals surface area contributed by atoms with E-state index >= 15 is 0 Å². The number of hydrogen-bond donors (Lipinski definition) is 4. The van der Waals surface area contributed by atoms with Gasteiger partial charge in [-0.1, -0.05) is 17.7 Å². The van der Waals surface area contributed by atoms with Crippen LogP contribution >= 0.6 is 0 Å². The molecule has 4 N–H and O–H groups in total. The summed E-state index contributed by atoms with van der Waals surface area (Å²) >= 11 is 0. The maximum absolute atomic E-state index is 12.0. The van der Waals surface area contributed by atoms with Crippen molar-refractivity contribution in [2.75, 3.05) is 0 Å². The molecule has 0 aromatic heterocycles. The van der Waals surface area contributed by atoms with Gasteiger partial charge in [-0.25, -0.2) is 4.83 Å². The van der Waals surface area contributed by atoms with Gasteiger partial charge in [0.05, 0.1) is 11.1 Å². The topological polar surface area (TPSA) is 119 Å². The van der Waals surface area contributed by atoms with Gasteiger partial charge in [-0.3, -0.25) is 0 Å². The predicted octanol–water partition coefficient (Wildman–Crippen LogP) is 1.42.